The number of hydrogen-bond acceptors (Lipinski definition) is 9. The number of fused-ring (bicyclic) bond motifs is 1. The van der Waals surface area contributed by atoms with E-state index in [1.165, 1.54) is 6.33 Å². The fourth-order valence-electron chi connectivity index (χ4n) is 2.73. The summed E-state index contributed by atoms with van der Waals surface area (Å²) < 4.78 is 7.71. The van der Waals surface area contributed by atoms with Crippen molar-refractivity contribution in [1.29, 1.82) is 5.53 Å². The van der Waals surface area contributed by atoms with Gasteiger partial charge in [0.25, 0.3) is 0 Å². The van der Waals surface area contributed by atoms with E-state index in [9.17, 15) is 5.11 Å². The third-order valence-electron chi connectivity index (χ3n) is 3.70. The van der Waals surface area contributed by atoms with E-state index in [0.29, 0.717) is 17.0 Å². The number of aromatic nitrogens is 4. The van der Waals surface area contributed by atoms with Crippen LogP contribution in [0.25, 0.3) is 11.2 Å². The maximum absolute atomic E-state index is 9.55. The second-order valence-corrected chi connectivity index (χ2v) is 6.41. The number of aliphatic hydroxyl groups excluding tert-OH is 1. The van der Waals surface area contributed by atoms with Crippen molar-refractivity contribution in [3.63, 3.8) is 0 Å². The summed E-state index contributed by atoms with van der Waals surface area (Å²) >= 11 is 1.63. The lowest BCUT2D eigenvalue weighted by molar-refractivity contribution is -0.0226. The smallest absolute Gasteiger partial charge is 0.214 e. The van der Waals surface area contributed by atoms with Gasteiger partial charge in [0.2, 0.25) is 4.91 Å². The van der Waals surface area contributed by atoms with Crippen LogP contribution in [0.5, 0.6) is 0 Å². The standard InChI is InChI=1S/C12H17N8O2S/c1-2-23-9-7(18-19-14)6(3-21)22-12(9)20-5-17-8-10(13)15-4-16-11(8)20/h4-7,9,12,14,21H,2-3H2,1H3,(H2,13,15,16)/q+1. The first-order valence-electron chi connectivity index (χ1n) is 7.08. The number of rotatable bonds is 5. The van der Waals surface area contributed by atoms with Crippen LogP contribution in [0.1, 0.15) is 13.2 Å². The SMILES string of the molecule is CCSC1C(N=[N+]=N)C(CO)OC1n1cnc2c(N)ncnc21. The number of thioether (sulfide) groups is 1. The molecule has 2 aromatic heterocycles. The highest BCUT2D eigenvalue weighted by atomic mass is 32.2. The summed E-state index contributed by atoms with van der Waals surface area (Å²) in [6, 6.07) is -0.413. The van der Waals surface area contributed by atoms with Gasteiger partial charge in [0.1, 0.15) is 28.6 Å². The van der Waals surface area contributed by atoms with Crippen molar-refractivity contribution in [3.05, 3.63) is 12.7 Å². The Balaban J connectivity index is 2.05. The van der Waals surface area contributed by atoms with Crippen LogP contribution in [0.4, 0.5) is 5.82 Å². The first-order chi connectivity index (χ1) is 11.2. The number of nitrogens with two attached hydrogens (primary N) is 1. The highest BCUT2D eigenvalue weighted by Crippen LogP contribution is 2.40. The second-order valence-electron chi connectivity index (χ2n) is 4.96. The average Bonchev–Trinajstić information content (AvgIpc) is 3.11. The van der Waals surface area contributed by atoms with Crippen molar-refractivity contribution in [3.8, 4) is 0 Å². The second kappa shape index (κ2) is 6.59. The predicted octanol–water partition coefficient (Wildman–Crippen LogP) is 0.339. The summed E-state index contributed by atoms with van der Waals surface area (Å²) in [6.07, 6.45) is 2.00. The van der Waals surface area contributed by atoms with Crippen LogP contribution in [0.3, 0.4) is 0 Å². The third-order valence-corrected chi connectivity index (χ3v) is 4.93. The Labute approximate surface area is 135 Å². The van der Waals surface area contributed by atoms with Crippen LogP contribution in [0.2, 0.25) is 0 Å². The number of aliphatic hydroxyl groups is 1. The Morgan fingerprint density at radius 2 is 2.35 bits per heavy atom. The summed E-state index contributed by atoms with van der Waals surface area (Å²) in [7, 11) is 0. The molecule has 4 unspecified atom stereocenters. The van der Waals surface area contributed by atoms with Gasteiger partial charge in [-0.1, -0.05) is 6.92 Å². The molecule has 0 aromatic carbocycles. The van der Waals surface area contributed by atoms with Crippen molar-refractivity contribution < 1.29 is 9.84 Å². The summed E-state index contributed by atoms with van der Waals surface area (Å²) in [6.45, 7) is 1.82. The molecule has 3 heterocycles. The number of nitrogens with one attached hydrogen (secondary N) is 1. The lowest BCUT2D eigenvalue weighted by Crippen LogP contribution is -2.30. The molecule has 1 aliphatic rings. The molecule has 3 rings (SSSR count). The van der Waals surface area contributed by atoms with Gasteiger partial charge in [0, 0.05) is 0 Å². The van der Waals surface area contributed by atoms with Gasteiger partial charge in [-0.25, -0.2) is 15.0 Å². The van der Waals surface area contributed by atoms with Gasteiger partial charge in [-0.3, -0.25) is 4.57 Å². The largest absolute Gasteiger partial charge is 0.394 e. The summed E-state index contributed by atoms with van der Waals surface area (Å²) in [5.41, 5.74) is 13.9. The minimum Gasteiger partial charge on any atom is -0.394 e. The molecular formula is C12H17N8O2S+. The van der Waals surface area contributed by atoms with Crippen molar-refractivity contribution in [2.75, 3.05) is 18.1 Å². The number of ether oxygens (including phenoxy) is 1. The van der Waals surface area contributed by atoms with Gasteiger partial charge < -0.3 is 15.6 Å². The monoisotopic (exact) mass is 337 g/mol. The van der Waals surface area contributed by atoms with E-state index >= 15 is 0 Å². The molecule has 0 aliphatic carbocycles. The van der Waals surface area contributed by atoms with Gasteiger partial charge in [0.05, 0.1) is 18.2 Å². The topological polar surface area (TPSA) is 149 Å². The van der Waals surface area contributed by atoms with Gasteiger partial charge in [-0.05, 0) is 5.75 Å². The van der Waals surface area contributed by atoms with E-state index < -0.39 is 18.4 Å². The first-order valence-corrected chi connectivity index (χ1v) is 8.13. The quantitative estimate of drug-likeness (QED) is 0.526. The Morgan fingerprint density at radius 1 is 1.52 bits per heavy atom. The van der Waals surface area contributed by atoms with Gasteiger partial charge in [-0.15, -0.1) is 0 Å². The summed E-state index contributed by atoms with van der Waals surface area (Å²) in [5, 5.41) is 13.4. The van der Waals surface area contributed by atoms with E-state index in [2.05, 4.69) is 25.0 Å². The van der Waals surface area contributed by atoms with Crippen LogP contribution in [-0.2, 0) is 4.74 Å². The van der Waals surface area contributed by atoms with Crippen LogP contribution in [0.15, 0.2) is 17.8 Å². The molecule has 1 saturated heterocycles. The maximum Gasteiger partial charge on any atom is 0.214 e. The Bertz CT molecular complexity index is 746. The fourth-order valence-corrected chi connectivity index (χ4v) is 3.90. The van der Waals surface area contributed by atoms with E-state index in [4.69, 9.17) is 16.0 Å². The molecule has 0 amide bonds. The fraction of sp³-hybridized carbons (Fsp3) is 0.583. The highest BCUT2D eigenvalue weighted by Gasteiger charge is 2.49. The van der Waals surface area contributed by atoms with Gasteiger partial charge in [-0.2, -0.15) is 11.8 Å². The molecule has 0 saturated carbocycles. The average molecular weight is 337 g/mol. The molecule has 23 heavy (non-hydrogen) atoms. The van der Waals surface area contributed by atoms with Gasteiger partial charge in [0.15, 0.2) is 23.7 Å². The van der Waals surface area contributed by atoms with Crippen molar-refractivity contribution in [2.45, 2.75) is 30.5 Å². The molecule has 0 radical (unpaired) electrons. The molecule has 10 nitrogen and oxygen atoms in total. The molecule has 2 aromatic rings. The third kappa shape index (κ3) is 2.68. The molecule has 1 aliphatic heterocycles. The maximum atomic E-state index is 9.55. The number of anilines is 1. The minimum atomic E-state index is -0.533. The molecule has 1 fully saturated rings. The van der Waals surface area contributed by atoms with Crippen LogP contribution in [-0.4, -0.2) is 54.4 Å². The van der Waals surface area contributed by atoms with E-state index in [-0.39, 0.29) is 11.9 Å². The highest BCUT2D eigenvalue weighted by molar-refractivity contribution is 7.99. The zero-order valence-corrected chi connectivity index (χ0v) is 13.2. The molecule has 11 heteroatoms. The van der Waals surface area contributed by atoms with Crippen LogP contribution >= 0.6 is 11.8 Å². The van der Waals surface area contributed by atoms with Gasteiger partial charge >= 0.3 is 0 Å². The van der Waals surface area contributed by atoms with E-state index in [1.807, 2.05) is 6.92 Å². The van der Waals surface area contributed by atoms with Crippen molar-refractivity contribution in [2.24, 2.45) is 5.11 Å². The number of imidazole rings is 1. The Morgan fingerprint density at radius 3 is 3.04 bits per heavy atom. The van der Waals surface area contributed by atoms with Crippen LogP contribution in [0, 0.1) is 5.53 Å². The summed E-state index contributed by atoms with van der Waals surface area (Å²) in [5.74, 6) is 1.13. The Hall–Kier alpha value is -2.07. The number of nitrogen functional groups attached to an aromatic ring is 1. The van der Waals surface area contributed by atoms with Crippen molar-refractivity contribution in [1.82, 2.24) is 24.4 Å². The van der Waals surface area contributed by atoms with Crippen LogP contribution < -0.4 is 10.6 Å². The van der Waals surface area contributed by atoms with Crippen molar-refractivity contribution >= 4 is 28.7 Å². The predicted molar refractivity (Wildman–Crippen MR) is 83.7 cm³/mol. The Kier molecular flexibility index (Phi) is 4.53. The molecule has 0 spiro atoms. The first kappa shape index (κ1) is 15.8. The zero-order valence-electron chi connectivity index (χ0n) is 12.4. The lowest BCUT2D eigenvalue weighted by atomic mass is 10.1. The molecule has 4 N–H and O–H groups in total. The zero-order chi connectivity index (χ0) is 16.4. The lowest BCUT2D eigenvalue weighted by Gasteiger charge is -2.19. The van der Waals surface area contributed by atoms with E-state index in [1.54, 1.807) is 22.7 Å². The molecule has 122 valence electrons. The summed E-state index contributed by atoms with van der Waals surface area (Å²) in [4.78, 5) is 15.5. The number of hydrogen-bond donors (Lipinski definition) is 3. The normalized spacial score (nSPS) is 27.2. The molecular weight excluding hydrogens is 320 g/mol. The number of nitrogens with zero attached hydrogens (tertiary/aromatic N) is 6. The van der Waals surface area contributed by atoms with E-state index in [0.717, 1.165) is 5.75 Å². The molecule has 0 bridgehead atoms. The molecule has 4 atom stereocenters. The minimum absolute atomic E-state index is 0.125.